The summed E-state index contributed by atoms with van der Waals surface area (Å²) in [5.41, 5.74) is 6.95. The van der Waals surface area contributed by atoms with Crippen molar-refractivity contribution in [1.82, 2.24) is 5.32 Å². The van der Waals surface area contributed by atoms with Gasteiger partial charge >= 0.3 is 0 Å². The van der Waals surface area contributed by atoms with E-state index in [1.54, 1.807) is 6.07 Å². The van der Waals surface area contributed by atoms with Crippen molar-refractivity contribution in [2.75, 3.05) is 13.1 Å². The van der Waals surface area contributed by atoms with Crippen LogP contribution in [0.4, 0.5) is 0 Å². The highest BCUT2D eigenvalue weighted by atomic mass is 16.1. The monoisotopic (exact) mass is 220 g/mol. The van der Waals surface area contributed by atoms with Crippen molar-refractivity contribution >= 4 is 5.91 Å². The molecule has 0 atom stereocenters. The molecule has 0 saturated carbocycles. The lowest BCUT2D eigenvalue weighted by molar-refractivity contribution is 0.1000. The smallest absolute Gasteiger partial charge is 0.248 e. The average Bonchev–Trinajstić information content (AvgIpc) is 2.24. The summed E-state index contributed by atoms with van der Waals surface area (Å²) in [6.45, 7) is 6.32. The number of hydrogen-bond donors (Lipinski definition) is 2. The topological polar surface area (TPSA) is 55.1 Å². The van der Waals surface area contributed by atoms with Gasteiger partial charge in [0, 0.05) is 5.56 Å². The van der Waals surface area contributed by atoms with Crippen molar-refractivity contribution in [3.63, 3.8) is 0 Å². The third-order valence-corrected chi connectivity index (χ3v) is 2.35. The number of amides is 1. The number of hydrogen-bond acceptors (Lipinski definition) is 2. The van der Waals surface area contributed by atoms with Crippen LogP contribution in [0, 0.1) is 5.92 Å². The minimum absolute atomic E-state index is 0.364. The van der Waals surface area contributed by atoms with E-state index < -0.39 is 0 Å². The fraction of sp³-hybridized carbons (Fsp3) is 0.462. The van der Waals surface area contributed by atoms with Gasteiger partial charge in [-0.05, 0) is 43.1 Å². The Hall–Kier alpha value is -1.35. The van der Waals surface area contributed by atoms with Crippen LogP contribution in [0.3, 0.4) is 0 Å². The van der Waals surface area contributed by atoms with Gasteiger partial charge in [-0.2, -0.15) is 0 Å². The predicted octanol–water partition coefficient (Wildman–Crippen LogP) is 1.57. The van der Waals surface area contributed by atoms with Crippen molar-refractivity contribution in [3.8, 4) is 0 Å². The van der Waals surface area contributed by atoms with Gasteiger partial charge in [-0.25, -0.2) is 0 Å². The van der Waals surface area contributed by atoms with E-state index in [4.69, 9.17) is 5.73 Å². The van der Waals surface area contributed by atoms with E-state index in [1.807, 2.05) is 18.2 Å². The molecule has 1 amide bonds. The summed E-state index contributed by atoms with van der Waals surface area (Å²) in [7, 11) is 0. The van der Waals surface area contributed by atoms with Gasteiger partial charge in [0.2, 0.25) is 5.91 Å². The fourth-order valence-electron chi connectivity index (χ4n) is 1.50. The molecular weight excluding hydrogens is 200 g/mol. The Morgan fingerprint density at radius 3 is 2.81 bits per heavy atom. The summed E-state index contributed by atoms with van der Waals surface area (Å²) in [6.07, 6.45) is 0.924. The molecular formula is C13H20N2O. The Balaban J connectivity index is 2.42. The molecule has 0 heterocycles. The highest BCUT2D eigenvalue weighted by molar-refractivity contribution is 5.92. The lowest BCUT2D eigenvalue weighted by Gasteiger charge is -2.07. The third-order valence-electron chi connectivity index (χ3n) is 2.35. The van der Waals surface area contributed by atoms with Crippen molar-refractivity contribution in [2.45, 2.75) is 20.3 Å². The Kier molecular flexibility index (Phi) is 4.99. The summed E-state index contributed by atoms with van der Waals surface area (Å²) < 4.78 is 0. The van der Waals surface area contributed by atoms with E-state index in [0.717, 1.165) is 25.1 Å². The molecule has 0 aliphatic heterocycles. The van der Waals surface area contributed by atoms with Gasteiger partial charge in [0.1, 0.15) is 0 Å². The van der Waals surface area contributed by atoms with Gasteiger partial charge in [0.25, 0.3) is 0 Å². The van der Waals surface area contributed by atoms with E-state index in [1.165, 1.54) is 0 Å². The van der Waals surface area contributed by atoms with E-state index in [-0.39, 0.29) is 5.91 Å². The standard InChI is InChI=1S/C13H20N2O/c1-10(2)9-15-7-6-11-4-3-5-12(8-11)13(14)16/h3-5,8,10,15H,6-7,9H2,1-2H3,(H2,14,16). The second-order valence-corrected chi connectivity index (χ2v) is 4.41. The second-order valence-electron chi connectivity index (χ2n) is 4.41. The van der Waals surface area contributed by atoms with Gasteiger partial charge in [-0.3, -0.25) is 4.79 Å². The molecule has 88 valence electrons. The lowest BCUT2D eigenvalue weighted by Crippen LogP contribution is -2.22. The van der Waals surface area contributed by atoms with Crippen molar-refractivity contribution in [3.05, 3.63) is 35.4 Å². The summed E-state index contributed by atoms with van der Waals surface area (Å²) in [6, 6.07) is 7.49. The van der Waals surface area contributed by atoms with Crippen molar-refractivity contribution in [1.29, 1.82) is 0 Å². The quantitative estimate of drug-likeness (QED) is 0.715. The fourth-order valence-corrected chi connectivity index (χ4v) is 1.50. The maximum Gasteiger partial charge on any atom is 0.248 e. The molecule has 3 heteroatoms. The molecule has 0 spiro atoms. The summed E-state index contributed by atoms with van der Waals surface area (Å²) in [5, 5.41) is 3.37. The number of nitrogens with two attached hydrogens (primary N) is 1. The molecule has 0 saturated heterocycles. The third kappa shape index (κ3) is 4.45. The van der Waals surface area contributed by atoms with Crippen LogP contribution in [0.1, 0.15) is 29.8 Å². The van der Waals surface area contributed by atoms with Gasteiger partial charge in [-0.1, -0.05) is 26.0 Å². The normalized spacial score (nSPS) is 10.7. The zero-order valence-corrected chi connectivity index (χ0v) is 9.99. The Bertz CT molecular complexity index is 348. The zero-order chi connectivity index (χ0) is 12.0. The highest BCUT2D eigenvalue weighted by Gasteiger charge is 2.01. The molecule has 1 aromatic carbocycles. The molecule has 16 heavy (non-hydrogen) atoms. The minimum Gasteiger partial charge on any atom is -0.366 e. The molecule has 0 bridgehead atoms. The Morgan fingerprint density at radius 1 is 1.44 bits per heavy atom. The predicted molar refractivity (Wildman–Crippen MR) is 66.4 cm³/mol. The van der Waals surface area contributed by atoms with E-state index in [0.29, 0.717) is 11.5 Å². The van der Waals surface area contributed by atoms with E-state index >= 15 is 0 Å². The Labute approximate surface area is 97.0 Å². The lowest BCUT2D eigenvalue weighted by atomic mass is 10.1. The van der Waals surface area contributed by atoms with Gasteiger partial charge in [0.15, 0.2) is 0 Å². The van der Waals surface area contributed by atoms with Gasteiger partial charge < -0.3 is 11.1 Å². The molecule has 3 N–H and O–H groups in total. The zero-order valence-electron chi connectivity index (χ0n) is 9.99. The maximum absolute atomic E-state index is 11.0. The first-order valence-corrected chi connectivity index (χ1v) is 5.69. The van der Waals surface area contributed by atoms with Crippen LogP contribution in [-0.2, 0) is 6.42 Å². The molecule has 0 aliphatic rings. The number of benzene rings is 1. The van der Waals surface area contributed by atoms with E-state index in [2.05, 4.69) is 19.2 Å². The first-order valence-electron chi connectivity index (χ1n) is 5.69. The first kappa shape index (κ1) is 12.7. The second kappa shape index (κ2) is 6.28. The van der Waals surface area contributed by atoms with Crippen LogP contribution in [0.2, 0.25) is 0 Å². The highest BCUT2D eigenvalue weighted by Crippen LogP contribution is 2.05. The van der Waals surface area contributed by atoms with Crippen LogP contribution in [0.5, 0.6) is 0 Å². The first-order chi connectivity index (χ1) is 7.59. The average molecular weight is 220 g/mol. The summed E-state index contributed by atoms with van der Waals surface area (Å²) >= 11 is 0. The van der Waals surface area contributed by atoms with Crippen LogP contribution in [-0.4, -0.2) is 19.0 Å². The number of carbonyl (C=O) groups excluding carboxylic acids is 1. The maximum atomic E-state index is 11.0. The molecule has 0 aliphatic carbocycles. The Morgan fingerprint density at radius 2 is 2.19 bits per heavy atom. The van der Waals surface area contributed by atoms with Crippen molar-refractivity contribution < 1.29 is 4.79 Å². The van der Waals surface area contributed by atoms with Crippen LogP contribution in [0.25, 0.3) is 0 Å². The molecule has 1 rings (SSSR count). The van der Waals surface area contributed by atoms with Crippen molar-refractivity contribution in [2.24, 2.45) is 11.7 Å². The molecule has 0 radical (unpaired) electrons. The molecule has 1 aromatic rings. The van der Waals surface area contributed by atoms with Gasteiger partial charge in [0.05, 0.1) is 0 Å². The number of nitrogens with one attached hydrogen (secondary N) is 1. The van der Waals surface area contributed by atoms with Gasteiger partial charge in [-0.15, -0.1) is 0 Å². The number of carbonyl (C=O) groups is 1. The minimum atomic E-state index is -0.364. The molecule has 3 nitrogen and oxygen atoms in total. The molecule has 0 unspecified atom stereocenters. The van der Waals surface area contributed by atoms with Crippen LogP contribution < -0.4 is 11.1 Å². The SMILES string of the molecule is CC(C)CNCCc1cccc(C(N)=O)c1. The largest absolute Gasteiger partial charge is 0.366 e. The molecule has 0 aromatic heterocycles. The van der Waals surface area contributed by atoms with Crippen LogP contribution >= 0.6 is 0 Å². The number of primary amides is 1. The summed E-state index contributed by atoms with van der Waals surface area (Å²) in [4.78, 5) is 11.0. The molecule has 0 fully saturated rings. The number of rotatable bonds is 6. The van der Waals surface area contributed by atoms with E-state index in [9.17, 15) is 4.79 Å². The van der Waals surface area contributed by atoms with Crippen LogP contribution in [0.15, 0.2) is 24.3 Å². The summed E-state index contributed by atoms with van der Waals surface area (Å²) in [5.74, 6) is 0.300.